The van der Waals surface area contributed by atoms with Gasteiger partial charge in [-0.15, -0.1) is 11.3 Å². The predicted octanol–water partition coefficient (Wildman–Crippen LogP) is 3.60. The van der Waals surface area contributed by atoms with Crippen LogP contribution in [-0.2, 0) is 16.0 Å². The van der Waals surface area contributed by atoms with Crippen molar-refractivity contribution in [2.75, 3.05) is 13.7 Å². The first kappa shape index (κ1) is 18.8. The molecule has 1 saturated heterocycles. The zero-order chi connectivity index (χ0) is 18.8. The first-order valence-corrected chi connectivity index (χ1v) is 10.8. The number of likely N-dealkylation sites (tertiary alicyclic amines) is 1. The average molecular weight is 389 g/mol. The van der Waals surface area contributed by atoms with Gasteiger partial charge in [0.25, 0.3) is 0 Å². The van der Waals surface area contributed by atoms with E-state index >= 15 is 0 Å². The molecule has 146 valence electrons. The Labute approximate surface area is 164 Å². The van der Waals surface area contributed by atoms with Crippen LogP contribution in [0.15, 0.2) is 24.3 Å². The van der Waals surface area contributed by atoms with Crippen molar-refractivity contribution in [1.29, 1.82) is 0 Å². The number of aromatic nitrogens is 1. The van der Waals surface area contributed by atoms with E-state index in [-0.39, 0.29) is 11.9 Å². The molecular weight excluding hydrogens is 360 g/mol. The molecule has 2 aliphatic rings. The summed E-state index contributed by atoms with van der Waals surface area (Å²) in [6.07, 6.45) is 6.26. The van der Waals surface area contributed by atoms with E-state index in [9.17, 15) is 9.90 Å². The van der Waals surface area contributed by atoms with Gasteiger partial charge in [0.15, 0.2) is 0 Å². The minimum atomic E-state index is -0.471. The van der Waals surface area contributed by atoms with Crippen molar-refractivity contribution in [3.05, 3.63) is 29.3 Å². The number of aliphatic hydroxyl groups excluding tert-OH is 1. The number of fused-ring (bicyclic) bond motifs is 2. The number of rotatable bonds is 5. The maximum atomic E-state index is 12.2. The van der Waals surface area contributed by atoms with Crippen molar-refractivity contribution in [1.82, 2.24) is 9.88 Å². The molecule has 0 amide bonds. The van der Waals surface area contributed by atoms with Gasteiger partial charge in [-0.25, -0.2) is 4.98 Å². The molecular formula is C21H28N2O3S. The van der Waals surface area contributed by atoms with Crippen LogP contribution in [0.3, 0.4) is 0 Å². The highest BCUT2D eigenvalue weighted by atomic mass is 32.1. The van der Waals surface area contributed by atoms with E-state index < -0.39 is 6.23 Å². The van der Waals surface area contributed by atoms with E-state index in [1.807, 2.05) is 18.2 Å². The Hall–Kier alpha value is -1.50. The lowest BCUT2D eigenvalue weighted by Crippen LogP contribution is -2.56. The predicted molar refractivity (Wildman–Crippen MR) is 107 cm³/mol. The largest absolute Gasteiger partial charge is 0.469 e. The third kappa shape index (κ3) is 3.89. The normalized spacial score (nSPS) is 27.3. The number of methoxy groups -OCH3 is 1. The average Bonchev–Trinajstić information content (AvgIpc) is 3.13. The fourth-order valence-electron chi connectivity index (χ4n) is 4.95. The Morgan fingerprint density at radius 3 is 2.96 bits per heavy atom. The Morgan fingerprint density at radius 1 is 1.33 bits per heavy atom. The van der Waals surface area contributed by atoms with Gasteiger partial charge in [-0.3, -0.25) is 9.69 Å². The van der Waals surface area contributed by atoms with Crippen LogP contribution in [0.25, 0.3) is 10.2 Å². The number of ether oxygens (including phenoxy) is 1. The summed E-state index contributed by atoms with van der Waals surface area (Å²) in [4.78, 5) is 19.1. The first-order chi connectivity index (χ1) is 13.2. The molecule has 2 aromatic rings. The first-order valence-electron chi connectivity index (χ1n) is 10.0. The SMILES string of the molecule is COC(=O)C1CCN(C(O)CCc2nc3ccccc3s2)C2CCCCC12. The summed E-state index contributed by atoms with van der Waals surface area (Å²) < 4.78 is 6.24. The van der Waals surface area contributed by atoms with Crippen molar-refractivity contribution in [2.24, 2.45) is 11.8 Å². The number of hydrogen-bond acceptors (Lipinski definition) is 6. The molecule has 0 radical (unpaired) electrons. The molecule has 2 fully saturated rings. The van der Waals surface area contributed by atoms with Crippen molar-refractivity contribution in [2.45, 2.75) is 57.2 Å². The van der Waals surface area contributed by atoms with Gasteiger partial charge in [0.2, 0.25) is 0 Å². The van der Waals surface area contributed by atoms with E-state index in [2.05, 4.69) is 16.0 Å². The summed E-state index contributed by atoms with van der Waals surface area (Å²) in [7, 11) is 1.49. The van der Waals surface area contributed by atoms with E-state index in [0.717, 1.165) is 42.8 Å². The van der Waals surface area contributed by atoms with E-state index in [4.69, 9.17) is 4.74 Å². The maximum Gasteiger partial charge on any atom is 0.309 e. The summed E-state index contributed by atoms with van der Waals surface area (Å²) in [6.45, 7) is 0.766. The zero-order valence-corrected chi connectivity index (χ0v) is 16.7. The number of benzene rings is 1. The second kappa shape index (κ2) is 8.25. The van der Waals surface area contributed by atoms with E-state index in [1.165, 1.54) is 24.7 Å². The molecule has 1 aliphatic heterocycles. The number of thiazole rings is 1. The number of carbonyl (C=O) groups excluding carboxylic acids is 1. The third-order valence-electron chi connectivity index (χ3n) is 6.26. The van der Waals surface area contributed by atoms with Gasteiger partial charge in [-0.05, 0) is 43.7 Å². The van der Waals surface area contributed by atoms with E-state index in [1.54, 1.807) is 11.3 Å². The molecule has 6 heteroatoms. The molecule has 1 N–H and O–H groups in total. The molecule has 1 aliphatic carbocycles. The quantitative estimate of drug-likeness (QED) is 0.793. The molecule has 5 nitrogen and oxygen atoms in total. The second-order valence-corrected chi connectivity index (χ2v) is 8.88. The monoisotopic (exact) mass is 388 g/mol. The lowest BCUT2D eigenvalue weighted by atomic mass is 9.71. The molecule has 0 spiro atoms. The van der Waals surface area contributed by atoms with Crippen molar-refractivity contribution in [3.8, 4) is 0 Å². The Morgan fingerprint density at radius 2 is 2.15 bits per heavy atom. The molecule has 27 heavy (non-hydrogen) atoms. The minimum Gasteiger partial charge on any atom is -0.469 e. The highest BCUT2D eigenvalue weighted by molar-refractivity contribution is 7.18. The van der Waals surface area contributed by atoms with Gasteiger partial charge in [0.05, 0.1) is 28.3 Å². The fraction of sp³-hybridized carbons (Fsp3) is 0.619. The smallest absolute Gasteiger partial charge is 0.309 e. The molecule has 2 heterocycles. The van der Waals surface area contributed by atoms with Crippen LogP contribution in [-0.4, -0.2) is 46.9 Å². The topological polar surface area (TPSA) is 62.7 Å². The number of piperidine rings is 1. The second-order valence-electron chi connectivity index (χ2n) is 7.77. The number of esters is 1. The van der Waals surface area contributed by atoms with Gasteiger partial charge in [-0.2, -0.15) is 0 Å². The van der Waals surface area contributed by atoms with Gasteiger partial charge in [0.1, 0.15) is 6.23 Å². The summed E-state index contributed by atoms with van der Waals surface area (Å²) in [5.74, 6) is 0.237. The maximum absolute atomic E-state index is 12.2. The number of aryl methyl sites for hydroxylation is 1. The van der Waals surface area contributed by atoms with Gasteiger partial charge in [0, 0.05) is 19.0 Å². The molecule has 4 unspecified atom stereocenters. The van der Waals surface area contributed by atoms with Crippen LogP contribution in [0.4, 0.5) is 0 Å². The van der Waals surface area contributed by atoms with Crippen LogP contribution in [0.2, 0.25) is 0 Å². The van der Waals surface area contributed by atoms with Crippen LogP contribution in [0.1, 0.15) is 43.5 Å². The van der Waals surface area contributed by atoms with Crippen LogP contribution < -0.4 is 0 Å². The summed E-state index contributed by atoms with van der Waals surface area (Å²) >= 11 is 1.71. The molecule has 1 aromatic heterocycles. The highest BCUT2D eigenvalue weighted by Gasteiger charge is 2.44. The summed E-state index contributed by atoms with van der Waals surface area (Å²) in [5, 5.41) is 12.0. The molecule has 1 aromatic carbocycles. The minimum absolute atomic E-state index is 0.00647. The van der Waals surface area contributed by atoms with Crippen LogP contribution in [0.5, 0.6) is 0 Å². The number of para-hydroxylation sites is 1. The van der Waals surface area contributed by atoms with Gasteiger partial charge >= 0.3 is 5.97 Å². The Kier molecular flexibility index (Phi) is 5.76. The number of aliphatic hydroxyl groups is 1. The van der Waals surface area contributed by atoms with Crippen LogP contribution in [0, 0.1) is 11.8 Å². The highest BCUT2D eigenvalue weighted by Crippen LogP contribution is 2.40. The van der Waals surface area contributed by atoms with E-state index in [0.29, 0.717) is 18.4 Å². The van der Waals surface area contributed by atoms with Crippen molar-refractivity contribution >= 4 is 27.5 Å². The molecule has 1 saturated carbocycles. The van der Waals surface area contributed by atoms with Crippen molar-refractivity contribution in [3.63, 3.8) is 0 Å². The lowest BCUT2D eigenvalue weighted by Gasteiger charge is -2.48. The van der Waals surface area contributed by atoms with Gasteiger partial charge < -0.3 is 9.84 Å². The summed E-state index contributed by atoms with van der Waals surface area (Å²) in [6, 6.07) is 8.47. The van der Waals surface area contributed by atoms with Crippen molar-refractivity contribution < 1.29 is 14.6 Å². The molecule has 4 rings (SSSR count). The molecule has 0 bridgehead atoms. The fourth-order valence-corrected chi connectivity index (χ4v) is 5.93. The van der Waals surface area contributed by atoms with Crippen LogP contribution >= 0.6 is 11.3 Å². The summed E-state index contributed by atoms with van der Waals surface area (Å²) in [5.41, 5.74) is 1.04. The standard InChI is InChI=1S/C21H28N2O3S/c1-26-21(25)15-12-13-23(17-8-4-2-6-14(15)17)20(24)11-10-19-22-16-7-3-5-9-18(16)27-19/h3,5,7,9,14-15,17,20,24H,2,4,6,8,10-13H2,1H3. The number of nitrogens with zero attached hydrogens (tertiary/aromatic N) is 2. The van der Waals surface area contributed by atoms with Gasteiger partial charge in [-0.1, -0.05) is 25.0 Å². The molecule has 4 atom stereocenters. The lowest BCUT2D eigenvalue weighted by molar-refractivity contribution is -0.157. The zero-order valence-electron chi connectivity index (χ0n) is 15.8. The Bertz CT molecular complexity index is 760. The third-order valence-corrected chi connectivity index (χ3v) is 7.36. The Balaban J connectivity index is 1.41. The number of carbonyl (C=O) groups is 1. The number of hydrogen-bond donors (Lipinski definition) is 1.